The lowest BCUT2D eigenvalue weighted by Crippen LogP contribution is -2.14. The second kappa shape index (κ2) is 15.3. The highest BCUT2D eigenvalue weighted by Crippen LogP contribution is 2.53. The van der Waals surface area contributed by atoms with Crippen molar-refractivity contribution in [2.24, 2.45) is 0 Å². The second-order valence-corrected chi connectivity index (χ2v) is 21.9. The lowest BCUT2D eigenvalue weighted by atomic mass is 10.0. The summed E-state index contributed by atoms with van der Waals surface area (Å²) in [4.78, 5) is 4.80. The minimum atomic E-state index is 0.371. The fourth-order valence-electron chi connectivity index (χ4n) is 12.9. The van der Waals surface area contributed by atoms with E-state index in [9.17, 15) is 11.8 Å². The predicted molar refractivity (Wildman–Crippen MR) is 321 cm³/mol. The molecular weight excluding hydrogens is 965 g/mol. The standard InChI is InChI=1S/C68H36N6S2/c1-70-64-65(71-52-26-10-2-18-39(52)40-19-3-11-27-53(40)71)51(38-69)66(73-56-30-14-6-22-43(56)47-34-49-45-24-8-16-32-60(45)75-62(49)36-58(47)73)68(72-54-28-12-4-20-41(54)42-21-5-13-29-55(42)72)67(64)74-57-31-15-7-23-44(57)48-35-50-46-25-9-17-33-61(46)76-63(50)37-59(48)74/h2-37H. The Bertz CT molecular complexity index is 5190. The SMILES string of the molecule is [C-]#[N+]c1c(-n2c3ccccc3c3ccccc32)c(C#N)c(-n2c3ccccc3c3cc4c(cc32)sc2ccccc24)c(-n2c3ccccc3c3ccccc32)c1-n1c2ccccc2c2cc3c(cc21)sc1ccccc13. The molecule has 17 aromatic rings. The van der Waals surface area contributed by atoms with E-state index in [0.29, 0.717) is 28.3 Å². The zero-order valence-electron chi connectivity index (χ0n) is 40.3. The summed E-state index contributed by atoms with van der Waals surface area (Å²) in [6.07, 6.45) is 0. The van der Waals surface area contributed by atoms with E-state index in [4.69, 9.17) is 4.85 Å². The van der Waals surface area contributed by atoms with Crippen LogP contribution in [0.3, 0.4) is 0 Å². The van der Waals surface area contributed by atoms with Crippen LogP contribution in [0.1, 0.15) is 5.56 Å². The minimum absolute atomic E-state index is 0.371. The smallest absolute Gasteiger partial charge is 0.237 e. The Kier molecular flexibility index (Phi) is 8.36. The maximum absolute atomic E-state index is 12.6. The summed E-state index contributed by atoms with van der Waals surface area (Å²) in [5.41, 5.74) is 11.0. The average Bonchev–Trinajstić information content (AvgIpc) is 4.34. The fourth-order valence-corrected chi connectivity index (χ4v) is 15.2. The topological polar surface area (TPSA) is 47.9 Å². The van der Waals surface area contributed by atoms with Crippen molar-refractivity contribution in [2.75, 3.05) is 0 Å². The number of hydrogen-bond donors (Lipinski definition) is 0. The molecule has 0 radical (unpaired) electrons. The molecule has 6 heterocycles. The summed E-state index contributed by atoms with van der Waals surface area (Å²) in [6, 6.07) is 80.9. The van der Waals surface area contributed by atoms with Crippen LogP contribution in [0.2, 0.25) is 0 Å². The first-order valence-electron chi connectivity index (χ1n) is 25.3. The Morgan fingerprint density at radius 1 is 0.303 bits per heavy atom. The van der Waals surface area contributed by atoms with Gasteiger partial charge in [0.1, 0.15) is 6.07 Å². The normalized spacial score (nSPS) is 12.2. The van der Waals surface area contributed by atoms with Crippen LogP contribution in [0, 0.1) is 17.9 Å². The van der Waals surface area contributed by atoms with Crippen molar-refractivity contribution in [3.8, 4) is 28.8 Å². The number of rotatable bonds is 4. The molecule has 11 aromatic carbocycles. The number of hydrogen-bond acceptors (Lipinski definition) is 3. The molecule has 350 valence electrons. The van der Waals surface area contributed by atoms with Gasteiger partial charge < -0.3 is 18.3 Å². The van der Waals surface area contributed by atoms with E-state index in [1.54, 1.807) is 22.7 Å². The van der Waals surface area contributed by atoms with E-state index in [0.717, 1.165) is 102 Å². The number of para-hydroxylation sites is 6. The highest BCUT2D eigenvalue weighted by atomic mass is 32.1. The summed E-state index contributed by atoms with van der Waals surface area (Å²) in [5.74, 6) is 0. The average molecular weight is 1000 g/mol. The minimum Gasteiger partial charge on any atom is -0.318 e. The van der Waals surface area contributed by atoms with Crippen LogP contribution in [0.25, 0.3) is 155 Å². The van der Waals surface area contributed by atoms with Crippen molar-refractivity contribution in [1.82, 2.24) is 18.3 Å². The Hall–Kier alpha value is -9.96. The van der Waals surface area contributed by atoms with Crippen LogP contribution in [0.5, 0.6) is 0 Å². The zero-order chi connectivity index (χ0) is 49.9. The zero-order valence-corrected chi connectivity index (χ0v) is 41.9. The van der Waals surface area contributed by atoms with Crippen molar-refractivity contribution >= 4 is 156 Å². The molecule has 0 aliphatic rings. The van der Waals surface area contributed by atoms with Gasteiger partial charge >= 0.3 is 0 Å². The first kappa shape index (κ1) is 41.5. The van der Waals surface area contributed by atoms with Gasteiger partial charge in [-0.2, -0.15) is 5.26 Å². The molecule has 0 N–H and O–H groups in total. The van der Waals surface area contributed by atoms with Crippen LogP contribution in [-0.4, -0.2) is 18.3 Å². The van der Waals surface area contributed by atoms with Crippen molar-refractivity contribution in [2.45, 2.75) is 0 Å². The van der Waals surface area contributed by atoms with Gasteiger partial charge in [-0.05, 0) is 72.8 Å². The molecule has 0 saturated heterocycles. The highest BCUT2D eigenvalue weighted by Gasteiger charge is 2.35. The highest BCUT2D eigenvalue weighted by molar-refractivity contribution is 7.26. The molecule has 0 fully saturated rings. The third-order valence-electron chi connectivity index (χ3n) is 16.0. The molecule has 0 unspecified atom stereocenters. The summed E-state index contributed by atoms with van der Waals surface area (Å²) in [5, 5.41) is 26.0. The predicted octanol–water partition coefficient (Wildman–Crippen LogP) is 19.2. The van der Waals surface area contributed by atoms with Gasteiger partial charge in [0.2, 0.25) is 5.69 Å². The van der Waals surface area contributed by atoms with Crippen molar-refractivity contribution in [1.29, 1.82) is 5.26 Å². The molecule has 0 atom stereocenters. The molecule has 0 bridgehead atoms. The number of nitriles is 1. The molecule has 8 heteroatoms. The Morgan fingerprint density at radius 2 is 0.618 bits per heavy atom. The summed E-state index contributed by atoms with van der Waals surface area (Å²) in [6.45, 7) is 9.81. The van der Waals surface area contributed by atoms with Gasteiger partial charge in [-0.1, -0.05) is 146 Å². The number of aromatic nitrogens is 4. The van der Waals surface area contributed by atoms with Gasteiger partial charge in [0, 0.05) is 83.4 Å². The molecular formula is C68H36N6S2. The lowest BCUT2D eigenvalue weighted by molar-refractivity contribution is 1.03. The number of benzene rings is 11. The van der Waals surface area contributed by atoms with E-state index in [-0.39, 0.29) is 0 Å². The fraction of sp³-hybridized carbons (Fsp3) is 0. The van der Waals surface area contributed by atoms with Gasteiger partial charge in [-0.3, -0.25) is 0 Å². The molecule has 0 amide bonds. The van der Waals surface area contributed by atoms with Gasteiger partial charge in [0.15, 0.2) is 0 Å². The van der Waals surface area contributed by atoms with E-state index < -0.39 is 0 Å². The summed E-state index contributed by atoms with van der Waals surface area (Å²) < 4.78 is 14.0. The molecule has 17 rings (SSSR count). The largest absolute Gasteiger partial charge is 0.318 e. The van der Waals surface area contributed by atoms with Crippen LogP contribution < -0.4 is 0 Å². The third kappa shape index (κ3) is 5.35. The first-order valence-corrected chi connectivity index (χ1v) is 27.0. The van der Waals surface area contributed by atoms with Crippen molar-refractivity contribution < 1.29 is 0 Å². The second-order valence-electron chi connectivity index (χ2n) is 19.7. The third-order valence-corrected chi connectivity index (χ3v) is 18.3. The molecule has 0 saturated carbocycles. The van der Waals surface area contributed by atoms with E-state index in [2.05, 4.69) is 243 Å². The van der Waals surface area contributed by atoms with Crippen LogP contribution >= 0.6 is 22.7 Å². The number of nitrogens with zero attached hydrogens (tertiary/aromatic N) is 6. The van der Waals surface area contributed by atoms with Crippen LogP contribution in [0.15, 0.2) is 218 Å². The quantitative estimate of drug-likeness (QED) is 0.162. The maximum atomic E-state index is 12.6. The van der Waals surface area contributed by atoms with Crippen LogP contribution in [-0.2, 0) is 0 Å². The summed E-state index contributed by atoms with van der Waals surface area (Å²) in [7, 11) is 0. The van der Waals surface area contributed by atoms with Gasteiger partial charge in [-0.15, -0.1) is 22.7 Å². The molecule has 76 heavy (non-hydrogen) atoms. The maximum Gasteiger partial charge on any atom is 0.237 e. The monoisotopic (exact) mass is 1000 g/mol. The molecule has 0 aliphatic carbocycles. The van der Waals surface area contributed by atoms with Gasteiger partial charge in [0.25, 0.3) is 0 Å². The van der Waals surface area contributed by atoms with Crippen molar-refractivity contribution in [3.63, 3.8) is 0 Å². The molecule has 0 aliphatic heterocycles. The van der Waals surface area contributed by atoms with E-state index >= 15 is 0 Å². The van der Waals surface area contributed by atoms with E-state index in [1.807, 2.05) is 0 Å². The first-order chi connectivity index (χ1) is 37.7. The lowest BCUT2D eigenvalue weighted by Gasteiger charge is -2.27. The Balaban J connectivity index is 1.19. The molecule has 6 aromatic heterocycles. The Morgan fingerprint density at radius 3 is 1.00 bits per heavy atom. The molecule has 0 spiro atoms. The van der Waals surface area contributed by atoms with Crippen LogP contribution in [0.4, 0.5) is 5.69 Å². The Labute approximate surface area is 441 Å². The van der Waals surface area contributed by atoms with Crippen molar-refractivity contribution in [3.05, 3.63) is 235 Å². The van der Waals surface area contributed by atoms with E-state index in [1.165, 1.54) is 30.9 Å². The van der Waals surface area contributed by atoms with Gasteiger partial charge in [-0.25, -0.2) is 4.85 Å². The number of fused-ring (bicyclic) bond motifs is 18. The number of thiophene rings is 2. The van der Waals surface area contributed by atoms with Gasteiger partial charge in [0.05, 0.1) is 79.0 Å². The summed E-state index contributed by atoms with van der Waals surface area (Å²) >= 11 is 3.58. The molecule has 6 nitrogen and oxygen atoms in total.